The van der Waals surface area contributed by atoms with E-state index in [1.165, 1.54) is 12.1 Å². The lowest BCUT2D eigenvalue weighted by atomic mass is 10.2. The van der Waals surface area contributed by atoms with Crippen LogP contribution in [0.3, 0.4) is 0 Å². The second-order valence-electron chi connectivity index (χ2n) is 2.44. The molecule has 0 radical (unpaired) electrons. The van der Waals surface area contributed by atoms with Crippen LogP contribution >= 0.6 is 15.9 Å². The number of nitrogen functional groups attached to an aromatic ring is 1. The zero-order chi connectivity index (χ0) is 10.7. The molecule has 0 fully saturated rings. The van der Waals surface area contributed by atoms with Crippen LogP contribution in [-0.2, 0) is 4.74 Å². The molecule has 14 heavy (non-hydrogen) atoms. The Morgan fingerprint density at radius 2 is 2.07 bits per heavy atom. The minimum absolute atomic E-state index is 0.0165. The summed E-state index contributed by atoms with van der Waals surface area (Å²) in [5, 5.41) is 0. The van der Waals surface area contributed by atoms with Crippen molar-refractivity contribution in [2.45, 2.75) is 6.61 Å². The highest BCUT2D eigenvalue weighted by atomic mass is 79.9. The molecule has 0 spiro atoms. The molecule has 6 heteroatoms. The Hall–Kier alpha value is -1.17. The van der Waals surface area contributed by atoms with Crippen LogP contribution in [0.5, 0.6) is 0 Å². The summed E-state index contributed by atoms with van der Waals surface area (Å²) in [6, 6.07) is 4.15. The summed E-state index contributed by atoms with van der Waals surface area (Å²) in [5.74, 6) is -1.10. The van der Waals surface area contributed by atoms with Crippen molar-refractivity contribution in [1.29, 1.82) is 0 Å². The molecule has 1 rings (SSSR count). The topological polar surface area (TPSA) is 52.3 Å². The van der Waals surface area contributed by atoms with Crippen LogP contribution in [0.2, 0.25) is 0 Å². The third-order valence-electron chi connectivity index (χ3n) is 1.35. The lowest BCUT2D eigenvalue weighted by Crippen LogP contribution is -2.09. The summed E-state index contributed by atoms with van der Waals surface area (Å²) in [5.41, 5.74) is 5.68. The van der Waals surface area contributed by atoms with Crippen LogP contribution in [0.4, 0.5) is 14.5 Å². The number of hydrogen-bond donors (Lipinski definition) is 1. The van der Waals surface area contributed by atoms with E-state index in [1.54, 1.807) is 6.07 Å². The lowest BCUT2D eigenvalue weighted by molar-refractivity contribution is -0.0906. The molecule has 0 saturated carbocycles. The van der Waals surface area contributed by atoms with E-state index in [1.807, 2.05) is 0 Å². The quantitative estimate of drug-likeness (QED) is 0.660. The Morgan fingerprint density at radius 1 is 1.43 bits per heavy atom. The van der Waals surface area contributed by atoms with Crippen LogP contribution in [0.15, 0.2) is 22.7 Å². The molecule has 0 amide bonds. The van der Waals surface area contributed by atoms with Crippen molar-refractivity contribution in [2.75, 3.05) is 5.73 Å². The fourth-order valence-electron chi connectivity index (χ4n) is 0.879. The van der Waals surface area contributed by atoms with E-state index in [4.69, 9.17) is 5.73 Å². The highest BCUT2D eigenvalue weighted by Crippen LogP contribution is 2.18. The summed E-state index contributed by atoms with van der Waals surface area (Å²) in [6.07, 6.45) is 0. The molecule has 0 aliphatic rings. The van der Waals surface area contributed by atoms with Gasteiger partial charge in [-0.25, -0.2) is 4.79 Å². The normalized spacial score (nSPS) is 10.3. The third kappa shape index (κ3) is 2.95. The molecule has 76 valence electrons. The van der Waals surface area contributed by atoms with Gasteiger partial charge in [-0.3, -0.25) is 0 Å². The van der Waals surface area contributed by atoms with Gasteiger partial charge in [-0.05, 0) is 18.2 Å². The summed E-state index contributed by atoms with van der Waals surface area (Å²) >= 11 is 3.07. The van der Waals surface area contributed by atoms with Gasteiger partial charge in [0.2, 0.25) is 0 Å². The highest BCUT2D eigenvalue weighted by Gasteiger charge is 2.13. The van der Waals surface area contributed by atoms with Crippen LogP contribution in [0, 0.1) is 0 Å². The molecule has 0 unspecified atom stereocenters. The number of ether oxygens (including phenoxy) is 1. The van der Waals surface area contributed by atoms with Crippen LogP contribution < -0.4 is 5.73 Å². The number of benzene rings is 1. The maximum Gasteiger partial charge on any atom is 0.389 e. The predicted molar refractivity (Wildman–Crippen MR) is 50.0 cm³/mol. The molecule has 3 nitrogen and oxygen atoms in total. The Morgan fingerprint density at radius 3 is 2.57 bits per heavy atom. The van der Waals surface area contributed by atoms with Gasteiger partial charge in [-0.1, -0.05) is 15.9 Å². The summed E-state index contributed by atoms with van der Waals surface area (Å²) in [7, 11) is 0. The molecular weight excluding hydrogens is 260 g/mol. The molecule has 0 aliphatic carbocycles. The van der Waals surface area contributed by atoms with Gasteiger partial charge in [0.15, 0.2) is 0 Å². The molecular formula is C8H6BrF2NO2. The first kappa shape index (κ1) is 10.9. The van der Waals surface area contributed by atoms with Crippen molar-refractivity contribution in [3.63, 3.8) is 0 Å². The van der Waals surface area contributed by atoms with Gasteiger partial charge in [0.25, 0.3) is 0 Å². The Bertz CT molecular complexity index is 337. The van der Waals surface area contributed by atoms with Crippen LogP contribution in [0.1, 0.15) is 10.4 Å². The molecule has 2 N–H and O–H groups in total. The van der Waals surface area contributed by atoms with Crippen molar-refractivity contribution in [3.8, 4) is 0 Å². The molecule has 0 heterocycles. The smallest absolute Gasteiger partial charge is 0.389 e. The van der Waals surface area contributed by atoms with Gasteiger partial charge in [-0.15, -0.1) is 0 Å². The van der Waals surface area contributed by atoms with Crippen molar-refractivity contribution < 1.29 is 18.3 Å². The first-order valence-electron chi connectivity index (χ1n) is 3.54. The van der Waals surface area contributed by atoms with E-state index in [0.29, 0.717) is 10.2 Å². The van der Waals surface area contributed by atoms with E-state index in [-0.39, 0.29) is 5.56 Å². The molecule has 0 bridgehead atoms. The molecule has 0 aromatic heterocycles. The van der Waals surface area contributed by atoms with Crippen molar-refractivity contribution in [3.05, 3.63) is 28.2 Å². The summed E-state index contributed by atoms with van der Waals surface area (Å²) in [6.45, 7) is -3.12. The van der Waals surface area contributed by atoms with E-state index < -0.39 is 12.6 Å². The van der Waals surface area contributed by atoms with E-state index in [2.05, 4.69) is 20.7 Å². The fraction of sp³-hybridized carbons (Fsp3) is 0.125. The van der Waals surface area contributed by atoms with Gasteiger partial charge >= 0.3 is 12.6 Å². The van der Waals surface area contributed by atoms with E-state index in [9.17, 15) is 13.6 Å². The van der Waals surface area contributed by atoms with Gasteiger partial charge in [0.1, 0.15) is 0 Å². The fourth-order valence-corrected chi connectivity index (χ4v) is 1.39. The Labute approximate surface area is 87.0 Å². The Balaban J connectivity index is 2.90. The van der Waals surface area contributed by atoms with Gasteiger partial charge in [-0.2, -0.15) is 8.78 Å². The van der Waals surface area contributed by atoms with Crippen molar-refractivity contribution >= 4 is 27.6 Å². The first-order valence-corrected chi connectivity index (χ1v) is 4.33. The minimum Gasteiger partial charge on any atom is -0.399 e. The first-order chi connectivity index (χ1) is 6.49. The van der Waals surface area contributed by atoms with E-state index >= 15 is 0 Å². The number of carbonyl (C=O) groups excluding carboxylic acids is 1. The van der Waals surface area contributed by atoms with Crippen molar-refractivity contribution in [2.24, 2.45) is 0 Å². The predicted octanol–water partition coefficient (Wildman–Crippen LogP) is 2.41. The average molecular weight is 266 g/mol. The zero-order valence-corrected chi connectivity index (χ0v) is 8.42. The Kier molecular flexibility index (Phi) is 3.40. The van der Waals surface area contributed by atoms with Gasteiger partial charge in [0.05, 0.1) is 5.56 Å². The standard InChI is InChI=1S/C8H6BrF2NO2/c9-5-1-4(2-6(12)3-5)7(13)14-8(10)11/h1-3,8H,12H2. The second kappa shape index (κ2) is 4.36. The summed E-state index contributed by atoms with van der Waals surface area (Å²) < 4.78 is 27.6. The zero-order valence-electron chi connectivity index (χ0n) is 6.84. The summed E-state index contributed by atoms with van der Waals surface area (Å²) in [4.78, 5) is 11.0. The number of nitrogens with two attached hydrogens (primary N) is 1. The van der Waals surface area contributed by atoms with Gasteiger partial charge < -0.3 is 10.5 Å². The largest absolute Gasteiger partial charge is 0.399 e. The molecule has 1 aromatic rings. The maximum absolute atomic E-state index is 11.7. The average Bonchev–Trinajstić information content (AvgIpc) is 2.00. The van der Waals surface area contributed by atoms with Crippen molar-refractivity contribution in [1.82, 2.24) is 0 Å². The maximum atomic E-state index is 11.7. The second-order valence-corrected chi connectivity index (χ2v) is 3.35. The number of hydrogen-bond acceptors (Lipinski definition) is 3. The van der Waals surface area contributed by atoms with Crippen LogP contribution in [0.25, 0.3) is 0 Å². The number of halogens is 3. The number of rotatable bonds is 2. The molecule has 0 aliphatic heterocycles. The minimum atomic E-state index is -3.12. The number of alkyl halides is 2. The van der Waals surface area contributed by atoms with Crippen LogP contribution in [-0.4, -0.2) is 12.6 Å². The number of anilines is 1. The monoisotopic (exact) mass is 265 g/mol. The lowest BCUT2D eigenvalue weighted by Gasteiger charge is -2.04. The molecule has 0 saturated heterocycles. The third-order valence-corrected chi connectivity index (χ3v) is 1.81. The highest BCUT2D eigenvalue weighted by molar-refractivity contribution is 9.10. The molecule has 0 atom stereocenters. The SMILES string of the molecule is Nc1cc(Br)cc(C(=O)OC(F)F)c1. The number of carbonyl (C=O) groups is 1. The van der Waals surface area contributed by atoms with Gasteiger partial charge in [0, 0.05) is 10.2 Å². The number of esters is 1. The molecule has 1 aromatic carbocycles. The van der Waals surface area contributed by atoms with E-state index in [0.717, 1.165) is 0 Å².